The van der Waals surface area contributed by atoms with Gasteiger partial charge < -0.3 is 0 Å². The highest BCUT2D eigenvalue weighted by atomic mass is 79.9. The van der Waals surface area contributed by atoms with Crippen LogP contribution in [0.3, 0.4) is 0 Å². The Kier molecular flexibility index (Phi) is 3.53. The topological polar surface area (TPSA) is 66.5 Å². The molecule has 1 N–H and O–H groups in total. The van der Waals surface area contributed by atoms with Crippen LogP contribution in [0.15, 0.2) is 22.7 Å². The maximum atomic E-state index is 12.8. The number of hydrogen-bond acceptors (Lipinski definition) is 3. The second-order valence-corrected chi connectivity index (χ2v) is 6.46. The molecule has 1 spiro atoms. The van der Waals surface area contributed by atoms with E-state index in [4.69, 9.17) is 11.6 Å². The quantitative estimate of drug-likeness (QED) is 0.771. The number of anilines is 1. The Morgan fingerprint density at radius 3 is 2.52 bits per heavy atom. The summed E-state index contributed by atoms with van der Waals surface area (Å²) in [6, 6.07) is 4.19. The SMILES string of the molecule is O=C1NC(=O)C2(CCCC2)C(=O)N1c1cccc(Cl)c1Br. The van der Waals surface area contributed by atoms with E-state index in [1.54, 1.807) is 18.2 Å². The van der Waals surface area contributed by atoms with Gasteiger partial charge in [-0.05, 0) is 40.9 Å². The molecule has 1 heterocycles. The first-order chi connectivity index (χ1) is 9.97. The molecular weight excluding hydrogens is 360 g/mol. The van der Waals surface area contributed by atoms with Crippen LogP contribution in [-0.4, -0.2) is 17.8 Å². The first kappa shape index (κ1) is 14.5. The first-order valence-corrected chi connectivity index (χ1v) is 7.78. The van der Waals surface area contributed by atoms with Crippen LogP contribution in [0.25, 0.3) is 0 Å². The minimum absolute atomic E-state index is 0.351. The third-order valence-electron chi connectivity index (χ3n) is 4.10. The average molecular weight is 372 g/mol. The molecule has 5 nitrogen and oxygen atoms in total. The van der Waals surface area contributed by atoms with Gasteiger partial charge in [-0.25, -0.2) is 9.69 Å². The van der Waals surface area contributed by atoms with Crippen molar-refractivity contribution in [2.45, 2.75) is 25.7 Å². The Hall–Kier alpha value is -1.40. The second kappa shape index (κ2) is 5.10. The maximum absolute atomic E-state index is 12.8. The van der Waals surface area contributed by atoms with Crippen LogP contribution < -0.4 is 10.2 Å². The highest BCUT2D eigenvalue weighted by Crippen LogP contribution is 2.44. The van der Waals surface area contributed by atoms with Gasteiger partial charge in [0.1, 0.15) is 5.41 Å². The van der Waals surface area contributed by atoms with Gasteiger partial charge in [-0.1, -0.05) is 30.5 Å². The van der Waals surface area contributed by atoms with E-state index in [9.17, 15) is 14.4 Å². The van der Waals surface area contributed by atoms with Crippen LogP contribution in [0.5, 0.6) is 0 Å². The van der Waals surface area contributed by atoms with Gasteiger partial charge in [-0.15, -0.1) is 0 Å². The Balaban J connectivity index is 2.09. The van der Waals surface area contributed by atoms with Crippen LogP contribution in [0.4, 0.5) is 10.5 Å². The number of hydrogen-bond donors (Lipinski definition) is 1. The van der Waals surface area contributed by atoms with E-state index in [-0.39, 0.29) is 0 Å². The number of nitrogens with one attached hydrogen (secondary N) is 1. The van der Waals surface area contributed by atoms with Gasteiger partial charge in [0, 0.05) is 0 Å². The lowest BCUT2D eigenvalue weighted by Crippen LogP contribution is -2.63. The molecule has 7 heteroatoms. The van der Waals surface area contributed by atoms with Crippen LogP contribution >= 0.6 is 27.5 Å². The molecule has 2 aliphatic rings. The molecule has 1 aromatic carbocycles. The molecule has 0 unspecified atom stereocenters. The first-order valence-electron chi connectivity index (χ1n) is 6.61. The van der Waals surface area contributed by atoms with Crippen molar-refractivity contribution in [3.8, 4) is 0 Å². The van der Waals surface area contributed by atoms with Gasteiger partial charge in [0.2, 0.25) is 5.91 Å². The van der Waals surface area contributed by atoms with Crippen molar-refractivity contribution in [1.82, 2.24) is 5.32 Å². The van der Waals surface area contributed by atoms with E-state index >= 15 is 0 Å². The Morgan fingerprint density at radius 2 is 1.86 bits per heavy atom. The summed E-state index contributed by atoms with van der Waals surface area (Å²) in [4.78, 5) is 38.1. The molecule has 1 aromatic rings. The van der Waals surface area contributed by atoms with E-state index < -0.39 is 23.3 Å². The van der Waals surface area contributed by atoms with Crippen molar-refractivity contribution in [2.24, 2.45) is 5.41 Å². The van der Waals surface area contributed by atoms with Crippen molar-refractivity contribution in [1.29, 1.82) is 0 Å². The molecule has 1 saturated carbocycles. The zero-order valence-electron chi connectivity index (χ0n) is 11.0. The van der Waals surface area contributed by atoms with Gasteiger partial charge >= 0.3 is 6.03 Å². The predicted molar refractivity (Wildman–Crippen MR) is 81.1 cm³/mol. The number of barbiturate groups is 1. The molecule has 110 valence electrons. The van der Waals surface area contributed by atoms with Crippen molar-refractivity contribution < 1.29 is 14.4 Å². The summed E-state index contributed by atoms with van der Waals surface area (Å²) >= 11 is 9.32. The molecule has 3 rings (SSSR count). The second-order valence-electron chi connectivity index (χ2n) is 5.26. The number of carbonyl (C=O) groups is 3. The number of rotatable bonds is 1. The number of carbonyl (C=O) groups excluding carboxylic acids is 3. The Bertz CT molecular complexity index is 656. The van der Waals surface area contributed by atoms with Gasteiger partial charge in [0.05, 0.1) is 15.2 Å². The average Bonchev–Trinajstić information content (AvgIpc) is 2.92. The molecule has 0 bridgehead atoms. The summed E-state index contributed by atoms with van der Waals surface area (Å²) in [5.74, 6) is -0.943. The van der Waals surface area contributed by atoms with Crippen molar-refractivity contribution >= 4 is 51.1 Å². The van der Waals surface area contributed by atoms with Gasteiger partial charge in [-0.2, -0.15) is 0 Å². The summed E-state index contributed by atoms with van der Waals surface area (Å²) < 4.78 is 0.456. The van der Waals surface area contributed by atoms with Gasteiger partial charge in [0.15, 0.2) is 0 Å². The number of urea groups is 1. The van der Waals surface area contributed by atoms with E-state index in [1.165, 1.54) is 0 Å². The van der Waals surface area contributed by atoms with Crippen LogP contribution in [0.2, 0.25) is 5.02 Å². The third kappa shape index (κ3) is 2.08. The molecule has 4 amide bonds. The van der Waals surface area contributed by atoms with E-state index in [0.717, 1.165) is 17.7 Å². The monoisotopic (exact) mass is 370 g/mol. The Labute approximate surface area is 134 Å². The van der Waals surface area contributed by atoms with Gasteiger partial charge in [0.25, 0.3) is 5.91 Å². The molecule has 1 aliphatic carbocycles. The minimum atomic E-state index is -1.12. The molecule has 0 aromatic heterocycles. The number of nitrogens with zero attached hydrogens (tertiary/aromatic N) is 1. The normalized spacial score (nSPS) is 21.0. The van der Waals surface area contributed by atoms with E-state index in [1.807, 2.05) is 0 Å². The van der Waals surface area contributed by atoms with Crippen molar-refractivity contribution in [3.05, 3.63) is 27.7 Å². The maximum Gasteiger partial charge on any atom is 0.335 e. The molecule has 21 heavy (non-hydrogen) atoms. The summed E-state index contributed by atoms with van der Waals surface area (Å²) in [7, 11) is 0. The lowest BCUT2D eigenvalue weighted by molar-refractivity contribution is -0.142. The van der Waals surface area contributed by atoms with Crippen molar-refractivity contribution in [3.63, 3.8) is 0 Å². The lowest BCUT2D eigenvalue weighted by atomic mass is 9.82. The summed E-state index contributed by atoms with van der Waals surface area (Å²) in [6.45, 7) is 0. The van der Waals surface area contributed by atoms with Crippen LogP contribution in [0.1, 0.15) is 25.7 Å². The zero-order chi connectivity index (χ0) is 15.2. The molecule has 1 saturated heterocycles. The largest absolute Gasteiger partial charge is 0.335 e. The molecule has 1 aliphatic heterocycles. The van der Waals surface area contributed by atoms with Crippen LogP contribution in [-0.2, 0) is 9.59 Å². The van der Waals surface area contributed by atoms with Crippen molar-refractivity contribution in [2.75, 3.05) is 4.90 Å². The fourth-order valence-electron chi connectivity index (χ4n) is 2.98. The summed E-state index contributed by atoms with van der Waals surface area (Å²) in [6.07, 6.45) is 2.55. The fourth-order valence-corrected chi connectivity index (χ4v) is 3.59. The molecule has 0 radical (unpaired) electrons. The molecule has 0 atom stereocenters. The highest BCUT2D eigenvalue weighted by Gasteiger charge is 2.55. The molecule has 2 fully saturated rings. The minimum Gasteiger partial charge on any atom is -0.276 e. The fraction of sp³-hybridized carbons (Fsp3) is 0.357. The lowest BCUT2D eigenvalue weighted by Gasteiger charge is -2.37. The Morgan fingerprint density at radius 1 is 1.19 bits per heavy atom. The zero-order valence-corrected chi connectivity index (χ0v) is 13.3. The van der Waals surface area contributed by atoms with E-state index in [2.05, 4.69) is 21.2 Å². The number of imide groups is 2. The smallest absolute Gasteiger partial charge is 0.276 e. The van der Waals surface area contributed by atoms with E-state index in [0.29, 0.717) is 28.0 Å². The number of benzene rings is 1. The molecular formula is C14H12BrClN2O3. The summed E-state index contributed by atoms with van der Waals surface area (Å²) in [5.41, 5.74) is -0.765. The number of halogens is 2. The standard InChI is InChI=1S/C14H12BrClN2O3/c15-10-8(16)4-3-5-9(10)18-12(20)14(6-1-2-7-14)11(19)17-13(18)21/h3-5H,1-2,6-7H2,(H,17,19,21). The highest BCUT2D eigenvalue weighted by molar-refractivity contribution is 9.10. The summed E-state index contributed by atoms with van der Waals surface area (Å²) in [5, 5.41) is 2.69. The number of amides is 4. The third-order valence-corrected chi connectivity index (χ3v) is 5.48. The predicted octanol–water partition coefficient (Wildman–Crippen LogP) is 3.25. The van der Waals surface area contributed by atoms with Crippen LogP contribution in [0, 0.1) is 5.41 Å². The van der Waals surface area contributed by atoms with Gasteiger partial charge in [-0.3, -0.25) is 14.9 Å².